The number of ether oxygens (including phenoxy) is 1. The number of aromatic nitrogens is 2. The highest BCUT2D eigenvalue weighted by Crippen LogP contribution is 2.05. The van der Waals surface area contributed by atoms with Crippen molar-refractivity contribution in [2.45, 2.75) is 32.1 Å². The molecule has 1 N–H and O–H groups in total. The third kappa shape index (κ3) is 4.07. The van der Waals surface area contributed by atoms with E-state index in [9.17, 15) is 4.79 Å². The van der Waals surface area contributed by atoms with Crippen LogP contribution in [-0.4, -0.2) is 23.0 Å². The van der Waals surface area contributed by atoms with Crippen LogP contribution in [0.3, 0.4) is 0 Å². The van der Waals surface area contributed by atoms with E-state index in [1.54, 1.807) is 6.33 Å². The number of imidazole rings is 1. The predicted octanol–water partition coefficient (Wildman–Crippen LogP) is 1.69. The number of rotatable bonds is 6. The van der Waals surface area contributed by atoms with Crippen molar-refractivity contribution in [2.75, 3.05) is 7.11 Å². The Kier molecular flexibility index (Phi) is 4.75. The Bertz CT molecular complexity index is 257. The van der Waals surface area contributed by atoms with Crippen LogP contribution in [0.4, 0.5) is 0 Å². The summed E-state index contributed by atoms with van der Waals surface area (Å²) < 4.78 is 4.55. The molecule has 0 radical (unpaired) electrons. The second-order valence-corrected chi connectivity index (χ2v) is 3.21. The first-order valence-corrected chi connectivity index (χ1v) is 4.87. The molecule has 0 amide bonds. The van der Waals surface area contributed by atoms with Crippen LogP contribution < -0.4 is 0 Å². The van der Waals surface area contributed by atoms with Crippen molar-refractivity contribution < 1.29 is 9.53 Å². The molecule has 4 heteroatoms. The zero-order valence-corrected chi connectivity index (χ0v) is 8.45. The third-order valence-electron chi connectivity index (χ3n) is 2.11. The van der Waals surface area contributed by atoms with Gasteiger partial charge in [-0.2, -0.15) is 0 Å². The highest BCUT2D eigenvalue weighted by atomic mass is 16.5. The van der Waals surface area contributed by atoms with Gasteiger partial charge in [0.05, 0.1) is 13.4 Å². The molecule has 0 saturated carbocycles. The first-order chi connectivity index (χ1) is 6.83. The largest absolute Gasteiger partial charge is 0.469 e. The maximum absolute atomic E-state index is 10.8. The molecular formula is C10H16N2O2. The number of unbranched alkanes of at least 4 members (excludes halogenated alkanes) is 2. The van der Waals surface area contributed by atoms with E-state index in [2.05, 4.69) is 14.7 Å². The molecule has 4 nitrogen and oxygen atoms in total. The lowest BCUT2D eigenvalue weighted by atomic mass is 10.1. The number of carbonyl (C=O) groups excluding carboxylic acids is 1. The van der Waals surface area contributed by atoms with Crippen LogP contribution in [0.25, 0.3) is 0 Å². The number of nitrogens with one attached hydrogen (secondary N) is 1. The molecule has 0 bridgehead atoms. The van der Waals surface area contributed by atoms with Crippen LogP contribution in [0.2, 0.25) is 0 Å². The highest BCUT2D eigenvalue weighted by Gasteiger charge is 1.99. The summed E-state index contributed by atoms with van der Waals surface area (Å²) in [6.45, 7) is 0. The molecule has 14 heavy (non-hydrogen) atoms. The molecule has 0 aromatic carbocycles. The van der Waals surface area contributed by atoms with E-state index in [0.717, 1.165) is 31.4 Å². The second-order valence-electron chi connectivity index (χ2n) is 3.21. The lowest BCUT2D eigenvalue weighted by molar-refractivity contribution is -0.140. The number of carbonyl (C=O) groups is 1. The topological polar surface area (TPSA) is 55.0 Å². The molecule has 0 aliphatic carbocycles. The van der Waals surface area contributed by atoms with Crippen molar-refractivity contribution in [1.82, 2.24) is 9.97 Å². The SMILES string of the molecule is COC(=O)CCCCCc1cnc[nH]1. The summed E-state index contributed by atoms with van der Waals surface area (Å²) in [6, 6.07) is 0. The lowest BCUT2D eigenvalue weighted by Gasteiger charge is -1.99. The van der Waals surface area contributed by atoms with Crippen molar-refractivity contribution in [1.29, 1.82) is 0 Å². The second kappa shape index (κ2) is 6.18. The Labute approximate surface area is 83.7 Å². The van der Waals surface area contributed by atoms with Gasteiger partial charge in [-0.05, 0) is 19.3 Å². The monoisotopic (exact) mass is 196 g/mol. The molecule has 0 fully saturated rings. The zero-order chi connectivity index (χ0) is 10.2. The number of aryl methyl sites for hydroxylation is 1. The van der Waals surface area contributed by atoms with Gasteiger partial charge in [-0.25, -0.2) is 4.98 Å². The molecule has 0 aliphatic rings. The van der Waals surface area contributed by atoms with E-state index in [-0.39, 0.29) is 5.97 Å². The summed E-state index contributed by atoms with van der Waals surface area (Å²) in [6.07, 6.45) is 8.08. The van der Waals surface area contributed by atoms with Crippen molar-refractivity contribution in [3.63, 3.8) is 0 Å². The standard InChI is InChI=1S/C10H16N2O2/c1-14-10(13)6-4-2-3-5-9-7-11-8-12-9/h7-8H,2-6H2,1H3,(H,11,12). The van der Waals surface area contributed by atoms with Gasteiger partial charge in [-0.3, -0.25) is 4.79 Å². The minimum absolute atomic E-state index is 0.119. The average Bonchev–Trinajstić information content (AvgIpc) is 2.69. The number of hydrogen-bond acceptors (Lipinski definition) is 3. The predicted molar refractivity (Wildman–Crippen MR) is 52.8 cm³/mol. The van der Waals surface area contributed by atoms with Crippen molar-refractivity contribution in [2.24, 2.45) is 0 Å². The zero-order valence-electron chi connectivity index (χ0n) is 8.45. The van der Waals surface area contributed by atoms with E-state index in [1.807, 2.05) is 6.20 Å². The molecule has 1 heterocycles. The number of hydrogen-bond donors (Lipinski definition) is 1. The molecule has 78 valence electrons. The summed E-state index contributed by atoms with van der Waals surface area (Å²) in [5.74, 6) is -0.119. The average molecular weight is 196 g/mol. The van der Waals surface area contributed by atoms with Crippen LogP contribution in [-0.2, 0) is 16.0 Å². The first kappa shape index (κ1) is 10.8. The normalized spacial score (nSPS) is 10.1. The van der Waals surface area contributed by atoms with Crippen LogP contribution in [0, 0.1) is 0 Å². The van der Waals surface area contributed by atoms with Gasteiger partial charge in [0.1, 0.15) is 0 Å². The van der Waals surface area contributed by atoms with Crippen molar-refractivity contribution in [3.8, 4) is 0 Å². The number of methoxy groups -OCH3 is 1. The fourth-order valence-corrected chi connectivity index (χ4v) is 1.29. The Morgan fingerprint density at radius 1 is 1.50 bits per heavy atom. The van der Waals surface area contributed by atoms with Crippen LogP contribution in [0.5, 0.6) is 0 Å². The van der Waals surface area contributed by atoms with Gasteiger partial charge in [-0.15, -0.1) is 0 Å². The molecule has 0 atom stereocenters. The summed E-state index contributed by atoms with van der Waals surface area (Å²) in [5, 5.41) is 0. The van der Waals surface area contributed by atoms with Gasteiger partial charge in [0.15, 0.2) is 0 Å². The molecule has 1 rings (SSSR count). The van der Waals surface area contributed by atoms with Crippen LogP contribution >= 0.6 is 0 Å². The maximum Gasteiger partial charge on any atom is 0.305 e. The number of aromatic amines is 1. The van der Waals surface area contributed by atoms with Crippen molar-refractivity contribution in [3.05, 3.63) is 18.2 Å². The van der Waals surface area contributed by atoms with E-state index < -0.39 is 0 Å². The molecule has 1 aromatic rings. The van der Waals surface area contributed by atoms with Gasteiger partial charge in [-0.1, -0.05) is 6.42 Å². The van der Waals surface area contributed by atoms with Crippen LogP contribution in [0.1, 0.15) is 31.4 Å². The maximum atomic E-state index is 10.8. The molecule has 0 spiro atoms. The van der Waals surface area contributed by atoms with Gasteiger partial charge >= 0.3 is 5.97 Å². The third-order valence-corrected chi connectivity index (χ3v) is 2.11. The summed E-state index contributed by atoms with van der Waals surface area (Å²) in [7, 11) is 1.42. The van der Waals surface area contributed by atoms with E-state index in [1.165, 1.54) is 7.11 Å². The van der Waals surface area contributed by atoms with E-state index in [4.69, 9.17) is 0 Å². The fraction of sp³-hybridized carbons (Fsp3) is 0.600. The Morgan fingerprint density at radius 3 is 3.00 bits per heavy atom. The minimum atomic E-state index is -0.119. The summed E-state index contributed by atoms with van der Waals surface area (Å²) in [5.41, 5.74) is 1.16. The first-order valence-electron chi connectivity index (χ1n) is 4.87. The van der Waals surface area contributed by atoms with Gasteiger partial charge in [0, 0.05) is 18.3 Å². The fourth-order valence-electron chi connectivity index (χ4n) is 1.29. The quantitative estimate of drug-likeness (QED) is 0.556. The summed E-state index contributed by atoms with van der Waals surface area (Å²) >= 11 is 0. The Balaban J connectivity index is 1.97. The number of esters is 1. The Morgan fingerprint density at radius 2 is 2.36 bits per heavy atom. The van der Waals surface area contributed by atoms with Gasteiger partial charge in [0.25, 0.3) is 0 Å². The molecular weight excluding hydrogens is 180 g/mol. The minimum Gasteiger partial charge on any atom is -0.469 e. The number of nitrogens with zero attached hydrogens (tertiary/aromatic N) is 1. The lowest BCUT2D eigenvalue weighted by Crippen LogP contribution is -1.99. The Hall–Kier alpha value is -1.32. The summed E-state index contributed by atoms with van der Waals surface area (Å²) in [4.78, 5) is 17.7. The highest BCUT2D eigenvalue weighted by molar-refractivity contribution is 5.68. The van der Waals surface area contributed by atoms with Crippen LogP contribution in [0.15, 0.2) is 12.5 Å². The molecule has 0 unspecified atom stereocenters. The molecule has 1 aromatic heterocycles. The molecule has 0 saturated heterocycles. The molecule has 0 aliphatic heterocycles. The van der Waals surface area contributed by atoms with E-state index in [0.29, 0.717) is 6.42 Å². The van der Waals surface area contributed by atoms with Crippen molar-refractivity contribution >= 4 is 5.97 Å². The smallest absolute Gasteiger partial charge is 0.305 e. The van der Waals surface area contributed by atoms with Gasteiger partial charge in [0.2, 0.25) is 0 Å². The van der Waals surface area contributed by atoms with Gasteiger partial charge < -0.3 is 9.72 Å². The van der Waals surface area contributed by atoms with E-state index >= 15 is 0 Å². The number of H-pyrrole nitrogens is 1.